The molecule has 0 saturated heterocycles. The summed E-state index contributed by atoms with van der Waals surface area (Å²) in [6.07, 6.45) is 1.47. The minimum absolute atomic E-state index is 0.223. The first kappa shape index (κ1) is 24.6. The Morgan fingerprint density at radius 1 is 1.06 bits per heavy atom. The Balaban J connectivity index is 1.69. The Morgan fingerprint density at radius 2 is 1.82 bits per heavy atom. The van der Waals surface area contributed by atoms with Crippen molar-refractivity contribution in [1.82, 2.24) is 5.43 Å². The van der Waals surface area contributed by atoms with Crippen LogP contribution in [-0.2, 0) is 6.61 Å². The highest BCUT2D eigenvalue weighted by molar-refractivity contribution is 6.32. The molecular formula is C26H24ClN3O4. The van der Waals surface area contributed by atoms with Crippen LogP contribution in [0.1, 0.15) is 40.9 Å². The van der Waals surface area contributed by atoms with Crippen molar-refractivity contribution in [3.63, 3.8) is 0 Å². The van der Waals surface area contributed by atoms with Crippen LogP contribution in [0.25, 0.3) is 0 Å². The molecule has 0 unspecified atom stereocenters. The molecule has 3 aromatic rings. The summed E-state index contributed by atoms with van der Waals surface area (Å²) in [6, 6.07) is 19.4. The average molecular weight is 478 g/mol. The van der Waals surface area contributed by atoms with Gasteiger partial charge < -0.3 is 14.2 Å². The van der Waals surface area contributed by atoms with Crippen LogP contribution in [0, 0.1) is 11.3 Å². The van der Waals surface area contributed by atoms with Gasteiger partial charge in [0.15, 0.2) is 11.5 Å². The summed E-state index contributed by atoms with van der Waals surface area (Å²) >= 11 is 6.45. The molecule has 0 fully saturated rings. The van der Waals surface area contributed by atoms with Gasteiger partial charge in [-0.1, -0.05) is 23.7 Å². The van der Waals surface area contributed by atoms with E-state index in [-0.39, 0.29) is 12.5 Å². The standard InChI is InChI=1S/C26H24ClN3O4/c1-3-32-22-10-8-21(9-11-22)26(31)30-29-16-20-13-23(27)25(24(14-20)33-4-2)34-17-19-7-5-6-18(12-19)15-28/h5-14,16H,3-4,17H2,1-2H3,(H,30,31)/b29-16+. The number of rotatable bonds is 10. The van der Waals surface area contributed by atoms with E-state index < -0.39 is 0 Å². The maximum atomic E-state index is 12.3. The molecule has 0 heterocycles. The van der Waals surface area contributed by atoms with Gasteiger partial charge in [0.05, 0.1) is 36.1 Å². The lowest BCUT2D eigenvalue weighted by Crippen LogP contribution is -2.17. The highest BCUT2D eigenvalue weighted by Crippen LogP contribution is 2.37. The molecule has 8 heteroatoms. The largest absolute Gasteiger partial charge is 0.494 e. The number of benzene rings is 3. The van der Waals surface area contributed by atoms with Crippen molar-refractivity contribution in [2.45, 2.75) is 20.5 Å². The maximum Gasteiger partial charge on any atom is 0.271 e. The van der Waals surface area contributed by atoms with Gasteiger partial charge in [-0.05, 0) is 73.5 Å². The molecule has 0 spiro atoms. The lowest BCUT2D eigenvalue weighted by atomic mass is 10.1. The number of nitrogens with zero attached hydrogens (tertiary/aromatic N) is 2. The second-order valence-corrected chi connectivity index (χ2v) is 7.43. The van der Waals surface area contributed by atoms with E-state index in [2.05, 4.69) is 16.6 Å². The average Bonchev–Trinajstić information content (AvgIpc) is 2.84. The molecule has 0 saturated carbocycles. The summed E-state index contributed by atoms with van der Waals surface area (Å²) in [6.45, 7) is 4.94. The van der Waals surface area contributed by atoms with Gasteiger partial charge in [-0.15, -0.1) is 0 Å². The molecular weight excluding hydrogens is 454 g/mol. The minimum atomic E-state index is -0.352. The highest BCUT2D eigenvalue weighted by atomic mass is 35.5. The van der Waals surface area contributed by atoms with Crippen LogP contribution >= 0.6 is 11.6 Å². The summed E-state index contributed by atoms with van der Waals surface area (Å²) in [5, 5.41) is 13.4. The van der Waals surface area contributed by atoms with Gasteiger partial charge >= 0.3 is 0 Å². The van der Waals surface area contributed by atoms with E-state index >= 15 is 0 Å². The van der Waals surface area contributed by atoms with E-state index in [1.807, 2.05) is 19.9 Å². The van der Waals surface area contributed by atoms with Crippen LogP contribution < -0.4 is 19.6 Å². The fourth-order valence-electron chi connectivity index (χ4n) is 3.05. The van der Waals surface area contributed by atoms with Crippen LogP contribution in [0.4, 0.5) is 0 Å². The topological polar surface area (TPSA) is 92.9 Å². The number of carbonyl (C=O) groups is 1. The van der Waals surface area contributed by atoms with Gasteiger partial charge in [0.2, 0.25) is 0 Å². The number of nitriles is 1. The summed E-state index contributed by atoms with van der Waals surface area (Å²) in [7, 11) is 0. The van der Waals surface area contributed by atoms with Gasteiger partial charge in [0.25, 0.3) is 5.91 Å². The Kier molecular flexibility index (Phi) is 8.89. The number of nitrogens with one attached hydrogen (secondary N) is 1. The Morgan fingerprint density at radius 3 is 2.53 bits per heavy atom. The fourth-order valence-corrected chi connectivity index (χ4v) is 3.32. The Labute approximate surface area is 203 Å². The van der Waals surface area contributed by atoms with Crippen molar-refractivity contribution in [1.29, 1.82) is 5.26 Å². The van der Waals surface area contributed by atoms with Gasteiger partial charge in [-0.3, -0.25) is 4.79 Å². The first-order chi connectivity index (χ1) is 16.5. The molecule has 1 amide bonds. The first-order valence-electron chi connectivity index (χ1n) is 10.7. The zero-order valence-corrected chi connectivity index (χ0v) is 19.6. The van der Waals surface area contributed by atoms with E-state index in [9.17, 15) is 4.79 Å². The van der Waals surface area contributed by atoms with Gasteiger partial charge in [0.1, 0.15) is 12.4 Å². The van der Waals surface area contributed by atoms with Crippen LogP contribution in [0.15, 0.2) is 65.8 Å². The summed E-state index contributed by atoms with van der Waals surface area (Å²) < 4.78 is 17.0. The predicted octanol–water partition coefficient (Wildman–Crippen LogP) is 5.35. The number of hydrazone groups is 1. The highest BCUT2D eigenvalue weighted by Gasteiger charge is 2.13. The van der Waals surface area contributed by atoms with E-state index in [1.54, 1.807) is 54.6 Å². The van der Waals surface area contributed by atoms with Gasteiger partial charge in [-0.2, -0.15) is 10.4 Å². The molecule has 0 radical (unpaired) electrons. The van der Waals surface area contributed by atoms with Gasteiger partial charge in [-0.25, -0.2) is 5.43 Å². The molecule has 0 bridgehead atoms. The van der Waals surface area contributed by atoms with Crippen LogP contribution in [0.2, 0.25) is 5.02 Å². The lowest BCUT2D eigenvalue weighted by molar-refractivity contribution is 0.0955. The summed E-state index contributed by atoms with van der Waals surface area (Å²) in [5.41, 5.74) is 4.96. The molecule has 0 aliphatic heterocycles. The molecule has 0 atom stereocenters. The maximum absolute atomic E-state index is 12.3. The third-order valence-electron chi connectivity index (χ3n) is 4.58. The SMILES string of the molecule is CCOc1ccc(C(=O)N/N=C/c2cc(Cl)c(OCc3cccc(C#N)c3)c(OCC)c2)cc1. The van der Waals surface area contributed by atoms with Gasteiger partial charge in [0, 0.05) is 5.56 Å². The van der Waals surface area contributed by atoms with Crippen molar-refractivity contribution in [2.24, 2.45) is 5.10 Å². The molecule has 0 aliphatic carbocycles. The third kappa shape index (κ3) is 6.74. The summed E-state index contributed by atoms with van der Waals surface area (Å²) in [4.78, 5) is 12.3. The van der Waals surface area contributed by atoms with Crippen LogP contribution in [0.3, 0.4) is 0 Å². The van der Waals surface area contributed by atoms with E-state index in [0.29, 0.717) is 52.2 Å². The van der Waals surface area contributed by atoms with Crippen molar-refractivity contribution >= 4 is 23.7 Å². The lowest BCUT2D eigenvalue weighted by Gasteiger charge is -2.14. The fraction of sp³-hybridized carbons (Fsp3) is 0.192. The van der Waals surface area contributed by atoms with Crippen molar-refractivity contribution in [3.05, 3.63) is 87.9 Å². The normalized spacial score (nSPS) is 10.5. The molecule has 3 aromatic carbocycles. The number of ether oxygens (including phenoxy) is 3. The molecule has 3 rings (SSSR count). The van der Waals surface area contributed by atoms with Crippen molar-refractivity contribution in [3.8, 4) is 23.3 Å². The first-order valence-corrected chi connectivity index (χ1v) is 11.1. The zero-order valence-electron chi connectivity index (χ0n) is 18.9. The Hall–Kier alpha value is -4.02. The second kappa shape index (κ2) is 12.3. The van der Waals surface area contributed by atoms with Crippen LogP contribution in [0.5, 0.6) is 17.2 Å². The summed E-state index contributed by atoms with van der Waals surface area (Å²) in [5.74, 6) is 1.18. The van der Waals surface area contributed by atoms with Crippen LogP contribution in [-0.4, -0.2) is 25.3 Å². The predicted molar refractivity (Wildman–Crippen MR) is 131 cm³/mol. The van der Waals surface area contributed by atoms with Crippen molar-refractivity contribution < 1.29 is 19.0 Å². The van der Waals surface area contributed by atoms with E-state index in [0.717, 1.165) is 5.56 Å². The third-order valence-corrected chi connectivity index (χ3v) is 4.86. The monoisotopic (exact) mass is 477 g/mol. The van der Waals surface area contributed by atoms with Crippen molar-refractivity contribution in [2.75, 3.05) is 13.2 Å². The van der Waals surface area contributed by atoms with E-state index in [1.165, 1.54) is 6.21 Å². The molecule has 0 aromatic heterocycles. The van der Waals surface area contributed by atoms with E-state index in [4.69, 9.17) is 31.1 Å². The molecule has 0 aliphatic rings. The smallest absolute Gasteiger partial charge is 0.271 e. The zero-order chi connectivity index (χ0) is 24.3. The number of amides is 1. The molecule has 1 N–H and O–H groups in total. The molecule has 7 nitrogen and oxygen atoms in total. The molecule has 34 heavy (non-hydrogen) atoms. The molecule has 174 valence electrons. The second-order valence-electron chi connectivity index (χ2n) is 7.02. The Bertz CT molecular complexity index is 1200. The number of halogens is 1. The number of carbonyl (C=O) groups excluding carboxylic acids is 1. The number of hydrogen-bond donors (Lipinski definition) is 1. The minimum Gasteiger partial charge on any atom is -0.494 e. The quantitative estimate of drug-likeness (QED) is 0.314. The number of hydrogen-bond acceptors (Lipinski definition) is 6.